The zero-order valence-electron chi connectivity index (χ0n) is 44.3. The van der Waals surface area contributed by atoms with Crippen molar-refractivity contribution in [3.63, 3.8) is 0 Å². The Morgan fingerprint density at radius 2 is 0.627 bits per heavy atom. The van der Waals surface area contributed by atoms with Gasteiger partial charge in [-0.15, -0.1) is 0 Å². The molecule has 0 aliphatic rings. The first-order valence-electron chi connectivity index (χ1n) is 29.2. The largest absolute Gasteiger partial charge is 0.490 e. The number of unbranched alkanes of at least 4 members (excludes halogenated alkanes) is 39. The maximum absolute atomic E-state index is 13.8. The van der Waals surface area contributed by atoms with Gasteiger partial charge in [-0.05, 0) is 78.3 Å². The maximum atomic E-state index is 13.8. The number of nitrogens with one attached hydrogen (secondary N) is 1. The van der Waals surface area contributed by atoms with Gasteiger partial charge >= 0.3 is 0 Å². The number of hydrogen-bond donors (Lipinski definition) is 1. The first-order chi connectivity index (χ1) is 33.1. The molecule has 0 aromatic heterocycles. The Morgan fingerprint density at radius 1 is 0.373 bits per heavy atom. The summed E-state index contributed by atoms with van der Waals surface area (Å²) in [7, 11) is 0. The molecule has 0 spiro atoms. The van der Waals surface area contributed by atoms with Crippen molar-refractivity contribution in [3.05, 3.63) is 45.5 Å². The Balaban J connectivity index is 1.94. The summed E-state index contributed by atoms with van der Waals surface area (Å²) >= 11 is 2.29. The number of rotatable bonds is 50. The predicted octanol–water partition coefficient (Wildman–Crippen LogP) is 21.1. The molecule has 1 amide bonds. The van der Waals surface area contributed by atoms with Crippen molar-refractivity contribution in [1.29, 1.82) is 0 Å². The van der Waals surface area contributed by atoms with Crippen LogP contribution in [-0.4, -0.2) is 25.7 Å². The lowest BCUT2D eigenvalue weighted by Gasteiger charge is -2.19. The van der Waals surface area contributed by atoms with E-state index in [1.807, 2.05) is 36.4 Å². The highest BCUT2D eigenvalue weighted by Crippen LogP contribution is 2.40. The van der Waals surface area contributed by atoms with E-state index in [0.717, 1.165) is 41.4 Å². The van der Waals surface area contributed by atoms with E-state index in [2.05, 4.69) is 48.7 Å². The highest BCUT2D eigenvalue weighted by Gasteiger charge is 2.20. The maximum Gasteiger partial charge on any atom is 0.255 e. The first-order valence-corrected chi connectivity index (χ1v) is 30.3. The quantitative estimate of drug-likeness (QED) is 0.0530. The van der Waals surface area contributed by atoms with E-state index in [0.29, 0.717) is 42.6 Å². The third-order valence-corrected chi connectivity index (χ3v) is 14.4. The van der Waals surface area contributed by atoms with Gasteiger partial charge in [0.15, 0.2) is 11.5 Å². The lowest BCUT2D eigenvalue weighted by molar-refractivity contribution is 0.102. The third kappa shape index (κ3) is 35.7. The van der Waals surface area contributed by atoms with E-state index in [-0.39, 0.29) is 5.91 Å². The zero-order chi connectivity index (χ0) is 47.9. The van der Waals surface area contributed by atoms with Crippen molar-refractivity contribution in [3.8, 4) is 17.2 Å². The lowest BCUT2D eigenvalue weighted by Crippen LogP contribution is -2.14. The number of carbonyl (C=O) groups excluding carboxylic acids is 1. The van der Waals surface area contributed by atoms with Gasteiger partial charge < -0.3 is 19.5 Å². The molecule has 0 aliphatic heterocycles. The van der Waals surface area contributed by atoms with Crippen LogP contribution in [0.15, 0.2) is 36.4 Å². The molecular weight excluding hydrogens is 938 g/mol. The van der Waals surface area contributed by atoms with Crippen LogP contribution >= 0.6 is 22.6 Å². The van der Waals surface area contributed by atoms with Crippen molar-refractivity contribution in [1.82, 2.24) is 0 Å². The van der Waals surface area contributed by atoms with Gasteiger partial charge in [0, 0.05) is 14.8 Å². The predicted molar refractivity (Wildman–Crippen MR) is 301 cm³/mol. The normalized spacial score (nSPS) is 11.3. The molecule has 0 saturated carbocycles. The molecule has 0 radical (unpaired) electrons. The molecule has 0 fully saturated rings. The molecule has 0 bridgehead atoms. The fraction of sp³-hybridized carbons (Fsp3) is 0.787. The van der Waals surface area contributed by atoms with E-state index >= 15 is 0 Å². The van der Waals surface area contributed by atoms with Gasteiger partial charge in [0.2, 0.25) is 5.75 Å². The van der Waals surface area contributed by atoms with E-state index in [1.54, 1.807) is 0 Å². The standard InChI is InChI=1S/C61H106INO4/c1-4-7-10-13-16-19-22-25-28-31-34-37-40-43-50-65-58-53-55(61(64)63-57-48-46-56(62)47-49-57)54-59(66-51-44-41-38-35-32-29-26-23-20-17-14-11-8-5-2)60(58)67-52-45-42-39-36-33-30-27-24-21-18-15-12-9-6-3/h46-49,53-54H,4-45,50-52H2,1-3H3,(H,63,64). The molecule has 0 saturated heterocycles. The number of anilines is 1. The minimum Gasteiger partial charge on any atom is -0.490 e. The molecule has 67 heavy (non-hydrogen) atoms. The van der Waals surface area contributed by atoms with Gasteiger partial charge in [-0.2, -0.15) is 0 Å². The minimum atomic E-state index is -0.164. The molecule has 5 nitrogen and oxygen atoms in total. The monoisotopic (exact) mass is 1040 g/mol. The number of ether oxygens (including phenoxy) is 3. The van der Waals surface area contributed by atoms with Gasteiger partial charge in [-0.1, -0.05) is 271 Å². The Bertz CT molecular complexity index is 1330. The molecule has 0 aliphatic carbocycles. The molecule has 0 unspecified atom stereocenters. The number of hydrogen-bond acceptors (Lipinski definition) is 4. The first kappa shape index (κ1) is 61.2. The Hall–Kier alpha value is -1.96. The third-order valence-electron chi connectivity index (χ3n) is 13.6. The number of halogens is 1. The molecule has 1 N–H and O–H groups in total. The zero-order valence-corrected chi connectivity index (χ0v) is 46.5. The van der Waals surface area contributed by atoms with Crippen LogP contribution in [-0.2, 0) is 0 Å². The van der Waals surface area contributed by atoms with Crippen molar-refractivity contribution in [2.75, 3.05) is 25.1 Å². The molecule has 386 valence electrons. The molecule has 2 aromatic carbocycles. The van der Waals surface area contributed by atoms with Crippen molar-refractivity contribution >= 4 is 34.2 Å². The van der Waals surface area contributed by atoms with Crippen LogP contribution in [0.5, 0.6) is 17.2 Å². The summed E-state index contributed by atoms with van der Waals surface area (Å²) < 4.78 is 20.9. The van der Waals surface area contributed by atoms with Crippen molar-refractivity contribution in [2.24, 2.45) is 0 Å². The Morgan fingerprint density at radius 3 is 0.910 bits per heavy atom. The van der Waals surface area contributed by atoms with Crippen LogP contribution in [0.25, 0.3) is 0 Å². The fourth-order valence-corrected chi connectivity index (χ4v) is 9.59. The second kappa shape index (κ2) is 46.4. The van der Waals surface area contributed by atoms with Crippen LogP contribution in [0.4, 0.5) is 5.69 Å². The van der Waals surface area contributed by atoms with Crippen molar-refractivity contribution < 1.29 is 19.0 Å². The van der Waals surface area contributed by atoms with Gasteiger partial charge in [0.25, 0.3) is 5.91 Å². The van der Waals surface area contributed by atoms with Crippen LogP contribution in [0.1, 0.15) is 301 Å². The van der Waals surface area contributed by atoms with E-state index in [9.17, 15) is 4.79 Å². The Labute approximate surface area is 429 Å². The van der Waals surface area contributed by atoms with Crippen LogP contribution in [0.3, 0.4) is 0 Å². The summed E-state index contributed by atoms with van der Waals surface area (Å²) in [6.45, 7) is 8.71. The highest BCUT2D eigenvalue weighted by atomic mass is 127. The average molecular weight is 1040 g/mol. The summed E-state index contributed by atoms with van der Waals surface area (Å²) in [5.41, 5.74) is 1.31. The van der Waals surface area contributed by atoms with E-state index < -0.39 is 0 Å². The van der Waals surface area contributed by atoms with E-state index in [1.165, 1.54) is 238 Å². The number of carbonyl (C=O) groups is 1. The summed E-state index contributed by atoms with van der Waals surface area (Å²) in [6, 6.07) is 11.7. The minimum absolute atomic E-state index is 0.164. The van der Waals surface area contributed by atoms with Gasteiger partial charge in [-0.25, -0.2) is 0 Å². The molecule has 0 heterocycles. The smallest absolute Gasteiger partial charge is 0.255 e. The number of benzene rings is 2. The van der Waals surface area contributed by atoms with Crippen molar-refractivity contribution in [2.45, 2.75) is 290 Å². The van der Waals surface area contributed by atoms with Crippen LogP contribution in [0.2, 0.25) is 0 Å². The summed E-state index contributed by atoms with van der Waals surface area (Å²) in [4.78, 5) is 13.8. The topological polar surface area (TPSA) is 56.8 Å². The summed E-state index contributed by atoms with van der Waals surface area (Å²) in [6.07, 6.45) is 55.8. The molecular formula is C61H106INO4. The summed E-state index contributed by atoms with van der Waals surface area (Å²) in [5.74, 6) is 1.76. The highest BCUT2D eigenvalue weighted by molar-refractivity contribution is 14.1. The lowest BCUT2D eigenvalue weighted by atomic mass is 10.0. The SMILES string of the molecule is CCCCCCCCCCCCCCCCOc1cc(C(=O)Nc2ccc(I)cc2)cc(OCCCCCCCCCCCCCCCC)c1OCCCCCCCCCCCCCCCC. The molecule has 0 atom stereocenters. The molecule has 6 heteroatoms. The van der Waals surface area contributed by atoms with Gasteiger partial charge in [0.05, 0.1) is 19.8 Å². The fourth-order valence-electron chi connectivity index (χ4n) is 9.23. The number of amides is 1. The second-order valence-electron chi connectivity index (χ2n) is 20.1. The van der Waals surface area contributed by atoms with Gasteiger partial charge in [0.1, 0.15) is 0 Å². The molecule has 2 rings (SSSR count). The second-order valence-corrected chi connectivity index (χ2v) is 21.3. The van der Waals surface area contributed by atoms with Crippen LogP contribution < -0.4 is 19.5 Å². The van der Waals surface area contributed by atoms with Gasteiger partial charge in [-0.3, -0.25) is 4.79 Å². The summed E-state index contributed by atoms with van der Waals surface area (Å²) in [5, 5.41) is 3.11. The molecule has 2 aromatic rings. The van der Waals surface area contributed by atoms with Crippen LogP contribution in [0, 0.1) is 3.57 Å². The van der Waals surface area contributed by atoms with E-state index in [4.69, 9.17) is 14.2 Å². The Kier molecular flexibility index (Phi) is 42.4. The average Bonchev–Trinajstić information content (AvgIpc) is 3.33.